The Morgan fingerprint density at radius 3 is 1.61 bits per heavy atom. The topological polar surface area (TPSA) is 136 Å². The van der Waals surface area contributed by atoms with Crippen molar-refractivity contribution in [3.05, 3.63) is 215 Å². The van der Waals surface area contributed by atoms with Gasteiger partial charge in [0.05, 0.1) is 57.9 Å². The minimum atomic E-state index is -1.43. The third-order valence-corrected chi connectivity index (χ3v) is 12.1. The van der Waals surface area contributed by atoms with E-state index < -0.39 is 67.7 Å². The van der Waals surface area contributed by atoms with Gasteiger partial charge in [0, 0.05) is 5.56 Å². The molecular weight excluding hydrogens is 851 g/mol. The molecule has 3 saturated heterocycles. The molecule has 3 heterocycles. The van der Waals surface area contributed by atoms with E-state index in [2.05, 4.69) is 6.07 Å². The van der Waals surface area contributed by atoms with E-state index in [9.17, 15) is 10.4 Å². The van der Waals surface area contributed by atoms with Crippen molar-refractivity contribution in [1.82, 2.24) is 0 Å². The first-order valence-corrected chi connectivity index (χ1v) is 22.7. The van der Waals surface area contributed by atoms with Crippen LogP contribution in [0.3, 0.4) is 0 Å². The monoisotopic (exact) mass is 905 g/mol. The van der Waals surface area contributed by atoms with Gasteiger partial charge in [0.25, 0.3) is 0 Å². The Morgan fingerprint density at radius 2 is 1.01 bits per heavy atom. The third-order valence-electron chi connectivity index (χ3n) is 12.1. The Bertz CT molecular complexity index is 2430. The van der Waals surface area contributed by atoms with Crippen LogP contribution in [0.25, 0.3) is 0 Å². The number of hydrogen-bond donors (Lipinski definition) is 1. The van der Waals surface area contributed by atoms with Crippen LogP contribution in [0.2, 0.25) is 0 Å². The highest BCUT2D eigenvalue weighted by atomic mass is 16.8. The van der Waals surface area contributed by atoms with Crippen LogP contribution in [0.1, 0.15) is 45.2 Å². The molecule has 0 aliphatic carbocycles. The Labute approximate surface area is 391 Å². The Morgan fingerprint density at radius 1 is 0.507 bits per heavy atom. The minimum Gasteiger partial charge on any atom is -0.374 e. The predicted octanol–water partition coefficient (Wildman–Crippen LogP) is 8.36. The van der Waals surface area contributed by atoms with E-state index in [1.54, 1.807) is 6.07 Å². The Hall–Kier alpha value is -5.63. The standard InChI is InChI=1S/C55H55NO11/c56-30-43-28-16-17-29-44(43)35-62-52-49(60-33-40-22-10-3-11-23-40)47(59-32-39-20-8-2-9-21-39)45(36-58-31-38-18-6-1-7-19-38)65-55(52)67-50-48-46(37-63-54(66-48)42-26-14-5-15-27-42)64-53(57)51(50)61-34-41-24-12-4-13-25-41/h1-29,45-55,57H,31-37H2/t45-,46-,47-,48-,49+,50+,51-,52-,53+,54?,55-/m1/s1. The van der Waals surface area contributed by atoms with Gasteiger partial charge in [-0.1, -0.05) is 170 Å². The Balaban J connectivity index is 1.10. The number of nitrogens with zero attached hydrogens (tertiary/aromatic N) is 1. The molecule has 11 atom stereocenters. The Kier molecular flexibility index (Phi) is 16.2. The summed E-state index contributed by atoms with van der Waals surface area (Å²) in [5.41, 5.74) is 5.72. The van der Waals surface area contributed by atoms with Crippen molar-refractivity contribution < 1.29 is 52.5 Å². The maximum atomic E-state index is 11.8. The average Bonchev–Trinajstić information content (AvgIpc) is 3.38. The third kappa shape index (κ3) is 12.1. The molecule has 0 spiro atoms. The fourth-order valence-corrected chi connectivity index (χ4v) is 8.63. The summed E-state index contributed by atoms with van der Waals surface area (Å²) in [6.07, 6.45) is -10.3. The van der Waals surface area contributed by atoms with Gasteiger partial charge >= 0.3 is 0 Å². The van der Waals surface area contributed by atoms with Crippen molar-refractivity contribution >= 4 is 0 Å². The number of ether oxygens (including phenoxy) is 10. The van der Waals surface area contributed by atoms with Crippen LogP contribution in [-0.4, -0.2) is 79.7 Å². The van der Waals surface area contributed by atoms with E-state index in [1.807, 2.05) is 170 Å². The molecule has 0 saturated carbocycles. The molecular formula is C55H55NO11. The van der Waals surface area contributed by atoms with Crippen molar-refractivity contribution in [2.45, 2.75) is 101 Å². The van der Waals surface area contributed by atoms with Gasteiger partial charge in [-0.15, -0.1) is 0 Å². The van der Waals surface area contributed by atoms with E-state index in [1.165, 1.54) is 0 Å². The van der Waals surface area contributed by atoms with Crippen molar-refractivity contribution in [2.24, 2.45) is 0 Å². The van der Waals surface area contributed by atoms with Crippen LogP contribution >= 0.6 is 0 Å². The van der Waals surface area contributed by atoms with Crippen molar-refractivity contribution in [3.8, 4) is 6.07 Å². The lowest BCUT2D eigenvalue weighted by Gasteiger charge is -2.51. The molecule has 3 fully saturated rings. The van der Waals surface area contributed by atoms with Crippen LogP contribution in [0.4, 0.5) is 0 Å². The number of aliphatic hydroxyl groups is 1. The number of aliphatic hydroxyl groups excluding tert-OH is 1. The summed E-state index contributed by atoms with van der Waals surface area (Å²) in [4.78, 5) is 0. The molecule has 346 valence electrons. The SMILES string of the molecule is N#Cc1ccccc1CO[C@H]1[C@@H](O[C@@H]2[C@@H](OCc3ccccc3)[C@@H](O)O[C@@H]3COC(c4ccccc4)O[C@@H]23)O[C@H](COCc2ccccc2)[C@@H](OCc2ccccc2)[C@@H]1OCc1ccccc1. The molecule has 12 heteroatoms. The van der Waals surface area contributed by atoms with Gasteiger partial charge in [0.15, 0.2) is 18.9 Å². The van der Waals surface area contributed by atoms with E-state index in [4.69, 9.17) is 47.4 Å². The lowest BCUT2D eigenvalue weighted by atomic mass is 9.95. The molecule has 3 aliphatic heterocycles. The fraction of sp³-hybridized carbons (Fsp3) is 0.327. The second kappa shape index (κ2) is 23.4. The van der Waals surface area contributed by atoms with Crippen LogP contribution in [-0.2, 0) is 80.4 Å². The molecule has 6 aromatic carbocycles. The molecule has 0 amide bonds. The number of hydrogen-bond acceptors (Lipinski definition) is 12. The first kappa shape index (κ1) is 46.5. The molecule has 1 N–H and O–H groups in total. The van der Waals surface area contributed by atoms with Gasteiger partial charge in [-0.3, -0.25) is 0 Å². The fourth-order valence-electron chi connectivity index (χ4n) is 8.63. The minimum absolute atomic E-state index is 0.0141. The van der Waals surface area contributed by atoms with Gasteiger partial charge in [0.1, 0.15) is 48.8 Å². The largest absolute Gasteiger partial charge is 0.374 e. The highest BCUT2D eigenvalue weighted by Gasteiger charge is 2.55. The number of fused-ring (bicyclic) bond motifs is 1. The van der Waals surface area contributed by atoms with E-state index >= 15 is 0 Å². The summed E-state index contributed by atoms with van der Waals surface area (Å²) in [6.45, 7) is 1.13. The summed E-state index contributed by atoms with van der Waals surface area (Å²) in [7, 11) is 0. The van der Waals surface area contributed by atoms with Crippen LogP contribution < -0.4 is 0 Å². The lowest BCUT2D eigenvalue weighted by molar-refractivity contribution is -0.398. The molecule has 0 aromatic heterocycles. The molecule has 0 bridgehead atoms. The lowest BCUT2D eigenvalue weighted by Crippen LogP contribution is -2.67. The van der Waals surface area contributed by atoms with Crippen LogP contribution in [0, 0.1) is 11.3 Å². The molecule has 0 radical (unpaired) electrons. The molecule has 12 nitrogen and oxygen atoms in total. The van der Waals surface area contributed by atoms with Gasteiger partial charge in [0.2, 0.25) is 0 Å². The van der Waals surface area contributed by atoms with Gasteiger partial charge in [-0.25, -0.2) is 0 Å². The smallest absolute Gasteiger partial charge is 0.187 e. The summed E-state index contributed by atoms with van der Waals surface area (Å²) in [5, 5.41) is 21.9. The molecule has 1 unspecified atom stereocenters. The number of benzene rings is 6. The maximum Gasteiger partial charge on any atom is 0.187 e. The normalized spacial score (nSPS) is 27.1. The van der Waals surface area contributed by atoms with E-state index in [0.717, 1.165) is 27.8 Å². The van der Waals surface area contributed by atoms with Gasteiger partial charge < -0.3 is 52.5 Å². The van der Waals surface area contributed by atoms with E-state index in [-0.39, 0.29) is 39.6 Å². The first-order chi connectivity index (χ1) is 33.1. The second-order valence-electron chi connectivity index (χ2n) is 16.7. The summed E-state index contributed by atoms with van der Waals surface area (Å²) < 4.78 is 67.3. The van der Waals surface area contributed by atoms with Crippen molar-refractivity contribution in [3.63, 3.8) is 0 Å². The van der Waals surface area contributed by atoms with Crippen molar-refractivity contribution in [1.29, 1.82) is 5.26 Å². The van der Waals surface area contributed by atoms with Crippen LogP contribution in [0.15, 0.2) is 176 Å². The number of nitriles is 1. The summed E-state index contributed by atoms with van der Waals surface area (Å²) in [6, 6.07) is 58.6. The summed E-state index contributed by atoms with van der Waals surface area (Å²) >= 11 is 0. The molecule has 3 aliphatic rings. The van der Waals surface area contributed by atoms with Gasteiger partial charge in [-0.05, 0) is 33.9 Å². The first-order valence-electron chi connectivity index (χ1n) is 22.7. The quantitative estimate of drug-likeness (QED) is 0.0837. The second-order valence-corrected chi connectivity index (χ2v) is 16.7. The molecule has 9 rings (SSSR count). The van der Waals surface area contributed by atoms with Crippen LogP contribution in [0.5, 0.6) is 0 Å². The van der Waals surface area contributed by atoms with Gasteiger partial charge in [-0.2, -0.15) is 5.26 Å². The molecule has 6 aromatic rings. The summed E-state index contributed by atoms with van der Waals surface area (Å²) in [5.74, 6) is 0. The van der Waals surface area contributed by atoms with E-state index in [0.29, 0.717) is 17.7 Å². The zero-order valence-electron chi connectivity index (χ0n) is 37.0. The number of rotatable bonds is 19. The zero-order chi connectivity index (χ0) is 45.6. The average molecular weight is 906 g/mol. The van der Waals surface area contributed by atoms with Crippen molar-refractivity contribution in [2.75, 3.05) is 13.2 Å². The zero-order valence-corrected chi connectivity index (χ0v) is 37.0. The molecule has 67 heavy (non-hydrogen) atoms. The highest BCUT2D eigenvalue weighted by molar-refractivity contribution is 5.37. The predicted molar refractivity (Wildman–Crippen MR) is 245 cm³/mol. The highest BCUT2D eigenvalue weighted by Crippen LogP contribution is 2.39. The maximum absolute atomic E-state index is 11.8.